The number of carbonyl (C=O) groups excluding carboxylic acids is 2. The standard InChI is InChI=1S/C52H52N6O7/c1-64-46-28-39(15-16-40(46)29-53-31-45(60)42-17-19-44(59)49-43(42)18-20-47(61)57-49)51(62)55-30-41-21-24-54-50(56-41)38-14-8-13-37(27-38)48(36-11-6-3-7-12-36)52(63)65-33-35-22-25-58(26-23-35)32-34-9-4-2-5-10-34/h2-21,24,27-28,35,45,48,53,59-60H,22-23,25-26,29-33H2,1H3,(H,55,62)(H,57,61). The van der Waals surface area contributed by atoms with E-state index >= 15 is 0 Å². The van der Waals surface area contributed by atoms with Gasteiger partial charge in [-0.2, -0.15) is 0 Å². The molecule has 0 aliphatic carbocycles. The molecule has 332 valence electrons. The predicted molar refractivity (Wildman–Crippen MR) is 248 cm³/mol. The van der Waals surface area contributed by atoms with Gasteiger partial charge in [0.1, 0.15) is 17.4 Å². The minimum atomic E-state index is -0.934. The number of esters is 1. The van der Waals surface area contributed by atoms with Gasteiger partial charge in [-0.15, -0.1) is 0 Å². The van der Waals surface area contributed by atoms with E-state index in [1.165, 1.54) is 24.8 Å². The first-order valence-corrected chi connectivity index (χ1v) is 21.8. The molecule has 0 bridgehead atoms. The zero-order valence-electron chi connectivity index (χ0n) is 36.2. The van der Waals surface area contributed by atoms with Crippen LogP contribution < -0.4 is 20.9 Å². The Morgan fingerprint density at radius 2 is 1.63 bits per heavy atom. The van der Waals surface area contributed by atoms with Crippen molar-refractivity contribution in [1.82, 2.24) is 30.5 Å². The van der Waals surface area contributed by atoms with E-state index in [0.29, 0.717) is 52.9 Å². The minimum absolute atomic E-state index is 0.0792. The molecule has 1 saturated heterocycles. The Morgan fingerprint density at radius 3 is 2.42 bits per heavy atom. The van der Waals surface area contributed by atoms with E-state index in [1.54, 1.807) is 42.6 Å². The van der Waals surface area contributed by atoms with E-state index in [9.17, 15) is 24.6 Å². The maximum atomic E-state index is 14.0. The lowest BCUT2D eigenvalue weighted by Gasteiger charge is -2.32. The van der Waals surface area contributed by atoms with Gasteiger partial charge in [-0.25, -0.2) is 9.97 Å². The number of benzene rings is 5. The average molecular weight is 873 g/mol. The van der Waals surface area contributed by atoms with E-state index < -0.39 is 12.0 Å². The number of hydrogen-bond donors (Lipinski definition) is 5. The Hall–Kier alpha value is -7.19. The molecule has 13 heteroatoms. The first kappa shape index (κ1) is 44.4. The second-order valence-electron chi connectivity index (χ2n) is 16.3. The molecule has 3 heterocycles. The van der Waals surface area contributed by atoms with Crippen molar-refractivity contribution < 1.29 is 29.3 Å². The lowest BCUT2D eigenvalue weighted by Crippen LogP contribution is -2.35. The van der Waals surface area contributed by atoms with Gasteiger partial charge in [0.05, 0.1) is 37.6 Å². The third-order valence-corrected chi connectivity index (χ3v) is 11.9. The second kappa shape index (κ2) is 21.0. The van der Waals surface area contributed by atoms with Crippen molar-refractivity contribution >= 4 is 22.8 Å². The van der Waals surface area contributed by atoms with Gasteiger partial charge in [-0.1, -0.05) is 91.0 Å². The van der Waals surface area contributed by atoms with Crippen LogP contribution >= 0.6 is 0 Å². The fourth-order valence-corrected chi connectivity index (χ4v) is 8.34. The molecule has 1 aliphatic rings. The normalized spacial score (nSPS) is 14.1. The molecule has 5 N–H and O–H groups in total. The number of aromatic nitrogens is 3. The van der Waals surface area contributed by atoms with Crippen LogP contribution in [0.5, 0.6) is 11.5 Å². The van der Waals surface area contributed by atoms with Crippen LogP contribution in [0.1, 0.15) is 68.7 Å². The molecule has 2 aromatic heterocycles. The molecule has 7 aromatic rings. The predicted octanol–water partition coefficient (Wildman–Crippen LogP) is 7.04. The lowest BCUT2D eigenvalue weighted by molar-refractivity contribution is -0.146. The van der Waals surface area contributed by atoms with Crippen molar-refractivity contribution in [2.24, 2.45) is 5.92 Å². The fourth-order valence-electron chi connectivity index (χ4n) is 8.34. The Bertz CT molecular complexity index is 2790. The number of H-pyrrole nitrogens is 1. The third-order valence-electron chi connectivity index (χ3n) is 11.9. The number of aromatic hydroxyl groups is 1. The smallest absolute Gasteiger partial charge is 0.317 e. The number of phenolic OH excluding ortho intramolecular Hbond substituents is 1. The molecule has 2 atom stereocenters. The molecular weight excluding hydrogens is 821 g/mol. The topological polar surface area (TPSA) is 179 Å². The van der Waals surface area contributed by atoms with Gasteiger partial charge < -0.3 is 35.3 Å². The number of aliphatic hydroxyl groups is 1. The van der Waals surface area contributed by atoms with Crippen LogP contribution in [0.3, 0.4) is 0 Å². The van der Waals surface area contributed by atoms with Crippen LogP contribution in [0.25, 0.3) is 22.3 Å². The number of carbonyl (C=O) groups is 2. The summed E-state index contributed by atoms with van der Waals surface area (Å²) in [6.45, 7) is 3.89. The van der Waals surface area contributed by atoms with E-state index in [0.717, 1.165) is 54.7 Å². The largest absolute Gasteiger partial charge is 0.506 e. The van der Waals surface area contributed by atoms with Crippen molar-refractivity contribution in [3.8, 4) is 22.9 Å². The van der Waals surface area contributed by atoms with Crippen molar-refractivity contribution in [3.05, 3.63) is 189 Å². The minimum Gasteiger partial charge on any atom is -0.506 e. The number of phenols is 1. The van der Waals surface area contributed by atoms with Gasteiger partial charge in [0.2, 0.25) is 5.56 Å². The van der Waals surface area contributed by atoms with Crippen LogP contribution in [0.2, 0.25) is 0 Å². The molecule has 0 saturated carbocycles. The molecule has 65 heavy (non-hydrogen) atoms. The highest BCUT2D eigenvalue weighted by molar-refractivity contribution is 5.94. The van der Waals surface area contributed by atoms with Gasteiger partial charge in [0.15, 0.2) is 5.82 Å². The van der Waals surface area contributed by atoms with Crippen molar-refractivity contribution in [2.75, 3.05) is 33.4 Å². The summed E-state index contributed by atoms with van der Waals surface area (Å²) in [5.74, 6) is -0.0752. The Balaban J connectivity index is 0.871. The number of aliphatic hydroxyl groups excluding tert-OH is 1. The summed E-state index contributed by atoms with van der Waals surface area (Å²) in [6.07, 6.45) is 2.66. The molecular formula is C52H52N6O7. The zero-order valence-corrected chi connectivity index (χ0v) is 36.2. The number of piperidine rings is 1. The number of fused-ring (bicyclic) bond motifs is 1. The molecule has 13 nitrogen and oxygen atoms in total. The van der Waals surface area contributed by atoms with Crippen LogP contribution in [0.4, 0.5) is 0 Å². The number of amides is 1. The summed E-state index contributed by atoms with van der Waals surface area (Å²) in [5, 5.41) is 27.9. The number of nitrogens with zero attached hydrogens (tertiary/aromatic N) is 3. The quantitative estimate of drug-likeness (QED) is 0.0593. The number of methoxy groups -OCH3 is 1. The molecule has 2 unspecified atom stereocenters. The number of nitrogens with one attached hydrogen (secondary N) is 3. The van der Waals surface area contributed by atoms with Gasteiger partial charge in [0, 0.05) is 54.0 Å². The molecule has 0 spiro atoms. The van der Waals surface area contributed by atoms with Gasteiger partial charge in [0.25, 0.3) is 5.91 Å². The van der Waals surface area contributed by atoms with Gasteiger partial charge in [-0.3, -0.25) is 19.3 Å². The molecule has 1 amide bonds. The number of rotatable bonds is 17. The molecule has 1 aliphatic heterocycles. The Morgan fingerprint density at radius 1 is 0.862 bits per heavy atom. The average Bonchev–Trinajstić information content (AvgIpc) is 3.34. The fraction of sp³-hybridized carbons (Fsp3) is 0.250. The highest BCUT2D eigenvalue weighted by Crippen LogP contribution is 2.31. The maximum Gasteiger partial charge on any atom is 0.317 e. The summed E-state index contributed by atoms with van der Waals surface area (Å²) in [6, 6.07) is 40.7. The van der Waals surface area contributed by atoms with Gasteiger partial charge >= 0.3 is 5.97 Å². The summed E-state index contributed by atoms with van der Waals surface area (Å²) in [7, 11) is 1.53. The summed E-state index contributed by atoms with van der Waals surface area (Å²) < 4.78 is 11.7. The molecule has 0 radical (unpaired) electrons. The van der Waals surface area contributed by atoms with Crippen LogP contribution in [-0.4, -0.2) is 75.3 Å². The summed E-state index contributed by atoms with van der Waals surface area (Å²) >= 11 is 0. The summed E-state index contributed by atoms with van der Waals surface area (Å²) in [4.78, 5) is 53.5. The number of pyridine rings is 1. The lowest BCUT2D eigenvalue weighted by atomic mass is 9.90. The highest BCUT2D eigenvalue weighted by atomic mass is 16.5. The van der Waals surface area contributed by atoms with Crippen LogP contribution in [0, 0.1) is 5.92 Å². The SMILES string of the molecule is COc1cc(C(=O)NCc2ccnc(-c3cccc(C(C(=O)OCC4CCN(Cc5ccccc5)CC4)c4ccccc4)c3)n2)ccc1CNCC(O)c1ccc(O)c2[nH]c(=O)ccc12. The first-order chi connectivity index (χ1) is 31.7. The highest BCUT2D eigenvalue weighted by Gasteiger charge is 2.27. The molecule has 5 aromatic carbocycles. The third kappa shape index (κ3) is 11.1. The second-order valence-corrected chi connectivity index (χ2v) is 16.3. The molecule has 8 rings (SSSR count). The van der Waals surface area contributed by atoms with Crippen LogP contribution in [-0.2, 0) is 29.2 Å². The molecule has 1 fully saturated rings. The number of aromatic amines is 1. The summed E-state index contributed by atoms with van der Waals surface area (Å²) in [5.41, 5.74) is 5.87. The van der Waals surface area contributed by atoms with Crippen molar-refractivity contribution in [3.63, 3.8) is 0 Å². The first-order valence-electron chi connectivity index (χ1n) is 21.8. The maximum absolute atomic E-state index is 14.0. The Kier molecular flexibility index (Phi) is 14.3. The zero-order chi connectivity index (χ0) is 45.1. The van der Waals surface area contributed by atoms with E-state index in [-0.39, 0.29) is 41.8 Å². The number of hydrogen-bond acceptors (Lipinski definition) is 11. The van der Waals surface area contributed by atoms with Crippen molar-refractivity contribution in [1.29, 1.82) is 0 Å². The monoisotopic (exact) mass is 872 g/mol. The number of ether oxygens (including phenoxy) is 2. The number of likely N-dealkylation sites (tertiary alicyclic amines) is 1. The Labute approximate surface area is 377 Å². The van der Waals surface area contributed by atoms with Crippen LogP contribution in [0.15, 0.2) is 144 Å². The van der Waals surface area contributed by atoms with E-state index in [1.807, 2.05) is 60.7 Å². The van der Waals surface area contributed by atoms with Crippen molar-refractivity contribution in [2.45, 2.75) is 44.5 Å². The van der Waals surface area contributed by atoms with E-state index in [2.05, 4.69) is 49.8 Å². The van der Waals surface area contributed by atoms with Gasteiger partial charge in [-0.05, 0) is 90.5 Å². The van der Waals surface area contributed by atoms with E-state index in [4.69, 9.17) is 14.5 Å².